The molecule has 2 heterocycles. The number of nitrogens with zero attached hydrogens (tertiary/aromatic N) is 2. The fourth-order valence-electron chi connectivity index (χ4n) is 2.18. The zero-order chi connectivity index (χ0) is 12.1. The van der Waals surface area contributed by atoms with Crippen LogP contribution in [0, 0.1) is 24.2 Å². The third-order valence-electron chi connectivity index (χ3n) is 3.35. The highest BCUT2D eigenvalue weighted by Gasteiger charge is 2.13. The molecule has 0 saturated carbocycles. The number of hydrogen-bond donors (Lipinski definition) is 2. The maximum Gasteiger partial charge on any atom is 0.145 e. The second-order valence-electron chi connectivity index (χ2n) is 4.52. The summed E-state index contributed by atoms with van der Waals surface area (Å²) in [4.78, 5) is 4.04. The number of hydrogen-bond acceptors (Lipinski definition) is 4. The van der Waals surface area contributed by atoms with E-state index in [2.05, 4.69) is 21.7 Å². The first kappa shape index (κ1) is 14.7. The van der Waals surface area contributed by atoms with Crippen molar-refractivity contribution in [3.63, 3.8) is 0 Å². The summed E-state index contributed by atoms with van der Waals surface area (Å²) in [6, 6.07) is 4.05. The predicted octanol–water partition coefficient (Wildman–Crippen LogP) is 2.10. The van der Waals surface area contributed by atoms with E-state index in [1.807, 2.05) is 13.0 Å². The van der Waals surface area contributed by atoms with E-state index >= 15 is 0 Å². The van der Waals surface area contributed by atoms with Crippen LogP contribution in [0.4, 0.5) is 5.69 Å². The summed E-state index contributed by atoms with van der Waals surface area (Å²) in [5, 5.41) is 15.7. The molecule has 1 aliphatic rings. The lowest BCUT2D eigenvalue weighted by molar-refractivity contribution is 0.390. The molecule has 1 aliphatic heterocycles. The molecular formula is C13H19ClN4. The summed E-state index contributed by atoms with van der Waals surface area (Å²) in [7, 11) is 0. The Morgan fingerprint density at radius 2 is 2.22 bits per heavy atom. The molecule has 0 unspecified atom stereocenters. The Bertz CT molecular complexity index is 421. The standard InChI is InChI=1S/C13H18N4.ClH/c1-10-12(4-7-16-13(10)8-14)17-9-11-2-5-15-6-3-11;/h4,7,11,15H,2-3,5-6,9H2,1H3,(H,16,17);1H. The fourth-order valence-corrected chi connectivity index (χ4v) is 2.18. The van der Waals surface area contributed by atoms with Gasteiger partial charge in [0.1, 0.15) is 11.8 Å². The highest BCUT2D eigenvalue weighted by Crippen LogP contribution is 2.18. The summed E-state index contributed by atoms with van der Waals surface area (Å²) in [6.07, 6.45) is 4.14. The largest absolute Gasteiger partial charge is 0.384 e. The van der Waals surface area contributed by atoms with Crippen LogP contribution in [0.15, 0.2) is 12.3 Å². The van der Waals surface area contributed by atoms with Crippen LogP contribution in [0.2, 0.25) is 0 Å². The number of piperidine rings is 1. The smallest absolute Gasteiger partial charge is 0.145 e. The van der Waals surface area contributed by atoms with E-state index in [0.29, 0.717) is 5.69 Å². The Labute approximate surface area is 114 Å². The van der Waals surface area contributed by atoms with Gasteiger partial charge in [0.25, 0.3) is 0 Å². The summed E-state index contributed by atoms with van der Waals surface area (Å²) in [5.74, 6) is 0.731. The number of pyridine rings is 1. The normalized spacial score (nSPS) is 15.6. The highest BCUT2D eigenvalue weighted by atomic mass is 35.5. The van der Waals surface area contributed by atoms with E-state index < -0.39 is 0 Å². The van der Waals surface area contributed by atoms with E-state index in [9.17, 15) is 0 Å². The maximum absolute atomic E-state index is 8.91. The van der Waals surface area contributed by atoms with Crippen molar-refractivity contribution in [2.45, 2.75) is 19.8 Å². The monoisotopic (exact) mass is 266 g/mol. The maximum atomic E-state index is 8.91. The Morgan fingerprint density at radius 3 is 2.89 bits per heavy atom. The molecule has 1 aromatic rings. The number of nitriles is 1. The average Bonchev–Trinajstić information content (AvgIpc) is 2.39. The third kappa shape index (κ3) is 3.59. The van der Waals surface area contributed by atoms with Gasteiger partial charge >= 0.3 is 0 Å². The van der Waals surface area contributed by atoms with Gasteiger partial charge in [0.15, 0.2) is 0 Å². The van der Waals surface area contributed by atoms with Gasteiger partial charge in [-0.1, -0.05) is 0 Å². The van der Waals surface area contributed by atoms with Crippen molar-refractivity contribution in [1.29, 1.82) is 5.26 Å². The fraction of sp³-hybridized carbons (Fsp3) is 0.538. The van der Waals surface area contributed by atoms with E-state index in [4.69, 9.17) is 5.26 Å². The number of nitrogens with one attached hydrogen (secondary N) is 2. The molecule has 0 radical (unpaired) electrons. The highest BCUT2D eigenvalue weighted by molar-refractivity contribution is 5.85. The van der Waals surface area contributed by atoms with Crippen LogP contribution < -0.4 is 10.6 Å². The van der Waals surface area contributed by atoms with Crippen LogP contribution in [0.1, 0.15) is 24.1 Å². The molecule has 98 valence electrons. The summed E-state index contributed by atoms with van der Waals surface area (Å²) in [5.41, 5.74) is 2.50. The number of rotatable bonds is 3. The van der Waals surface area contributed by atoms with E-state index in [1.165, 1.54) is 12.8 Å². The number of anilines is 1. The molecule has 4 nitrogen and oxygen atoms in total. The van der Waals surface area contributed by atoms with E-state index in [-0.39, 0.29) is 12.4 Å². The minimum Gasteiger partial charge on any atom is -0.384 e. The molecule has 5 heteroatoms. The van der Waals surface area contributed by atoms with Gasteiger partial charge in [-0.2, -0.15) is 5.26 Å². The van der Waals surface area contributed by atoms with Crippen molar-refractivity contribution >= 4 is 18.1 Å². The topological polar surface area (TPSA) is 60.7 Å². The van der Waals surface area contributed by atoms with Crippen molar-refractivity contribution in [3.05, 3.63) is 23.5 Å². The molecule has 0 aliphatic carbocycles. The second kappa shape index (κ2) is 7.20. The lowest BCUT2D eigenvalue weighted by Crippen LogP contribution is -2.31. The SMILES string of the molecule is Cc1c(NCC2CCNCC2)ccnc1C#N.Cl. The Morgan fingerprint density at radius 1 is 1.50 bits per heavy atom. The molecule has 0 bridgehead atoms. The summed E-state index contributed by atoms with van der Waals surface area (Å²) < 4.78 is 0. The van der Waals surface area contributed by atoms with Crippen molar-refractivity contribution in [2.75, 3.05) is 25.0 Å². The van der Waals surface area contributed by atoms with Crippen LogP contribution in [-0.4, -0.2) is 24.6 Å². The van der Waals surface area contributed by atoms with E-state index in [0.717, 1.165) is 36.8 Å². The molecule has 0 amide bonds. The Kier molecular flexibility index (Phi) is 5.90. The molecule has 2 N–H and O–H groups in total. The second-order valence-corrected chi connectivity index (χ2v) is 4.52. The van der Waals surface area contributed by atoms with Crippen molar-refractivity contribution in [2.24, 2.45) is 5.92 Å². The van der Waals surface area contributed by atoms with E-state index in [1.54, 1.807) is 6.20 Å². The van der Waals surface area contributed by atoms with Gasteiger partial charge in [0.2, 0.25) is 0 Å². The quantitative estimate of drug-likeness (QED) is 0.880. The summed E-state index contributed by atoms with van der Waals surface area (Å²) in [6.45, 7) is 5.16. The van der Waals surface area contributed by atoms with Crippen LogP contribution in [0.5, 0.6) is 0 Å². The van der Waals surface area contributed by atoms with Crippen molar-refractivity contribution in [3.8, 4) is 6.07 Å². The molecule has 1 fully saturated rings. The molecule has 0 spiro atoms. The van der Waals surface area contributed by atoms with Gasteiger partial charge in [-0.25, -0.2) is 4.98 Å². The first-order chi connectivity index (χ1) is 8.31. The van der Waals surface area contributed by atoms with Crippen LogP contribution in [0.25, 0.3) is 0 Å². The van der Waals surface area contributed by atoms with Crippen LogP contribution in [0.3, 0.4) is 0 Å². The van der Waals surface area contributed by atoms with Crippen molar-refractivity contribution in [1.82, 2.24) is 10.3 Å². The Balaban J connectivity index is 0.00000162. The number of aromatic nitrogens is 1. The predicted molar refractivity (Wildman–Crippen MR) is 75.0 cm³/mol. The van der Waals surface area contributed by atoms with Crippen molar-refractivity contribution < 1.29 is 0 Å². The first-order valence-corrected chi connectivity index (χ1v) is 6.11. The van der Waals surface area contributed by atoms with Gasteiger partial charge in [-0.3, -0.25) is 0 Å². The molecule has 0 aromatic carbocycles. The summed E-state index contributed by atoms with van der Waals surface area (Å²) >= 11 is 0. The lowest BCUT2D eigenvalue weighted by Gasteiger charge is -2.23. The molecular weight excluding hydrogens is 248 g/mol. The molecule has 18 heavy (non-hydrogen) atoms. The molecule has 1 saturated heterocycles. The zero-order valence-corrected chi connectivity index (χ0v) is 11.4. The molecule has 1 aromatic heterocycles. The minimum absolute atomic E-state index is 0. The first-order valence-electron chi connectivity index (χ1n) is 6.11. The lowest BCUT2D eigenvalue weighted by atomic mass is 9.98. The van der Waals surface area contributed by atoms with Gasteiger partial charge in [0, 0.05) is 24.0 Å². The molecule has 0 atom stereocenters. The van der Waals surface area contributed by atoms with Gasteiger partial charge in [0.05, 0.1) is 0 Å². The van der Waals surface area contributed by atoms with Gasteiger partial charge < -0.3 is 10.6 Å². The zero-order valence-electron chi connectivity index (χ0n) is 10.6. The third-order valence-corrected chi connectivity index (χ3v) is 3.35. The Hall–Kier alpha value is -1.31. The van der Waals surface area contributed by atoms with Gasteiger partial charge in [-0.15, -0.1) is 12.4 Å². The van der Waals surface area contributed by atoms with Crippen LogP contribution >= 0.6 is 12.4 Å². The minimum atomic E-state index is 0. The average molecular weight is 267 g/mol. The number of halogens is 1. The van der Waals surface area contributed by atoms with Crippen LogP contribution in [-0.2, 0) is 0 Å². The van der Waals surface area contributed by atoms with Gasteiger partial charge in [-0.05, 0) is 44.8 Å². The molecule has 2 rings (SSSR count).